The third kappa shape index (κ3) is 6.19. The molecule has 38 heavy (non-hydrogen) atoms. The number of benzene rings is 3. The SMILES string of the molecule is CCOc1ccc(S(=O)(=O)N(CC(=O)N2CCN(c3cccc(C)c3C)CC2)Cc2ccccc2)cc1C. The van der Waals surface area contributed by atoms with Gasteiger partial charge in [0.05, 0.1) is 18.0 Å². The number of sulfonamides is 1. The summed E-state index contributed by atoms with van der Waals surface area (Å²) >= 11 is 0. The Bertz CT molecular complexity index is 1370. The number of hydrogen-bond donors (Lipinski definition) is 0. The van der Waals surface area contributed by atoms with Crippen molar-refractivity contribution in [2.24, 2.45) is 0 Å². The summed E-state index contributed by atoms with van der Waals surface area (Å²) in [6.45, 7) is 10.9. The van der Waals surface area contributed by atoms with Crippen molar-refractivity contribution in [1.82, 2.24) is 9.21 Å². The zero-order valence-corrected chi connectivity index (χ0v) is 23.5. The van der Waals surface area contributed by atoms with E-state index >= 15 is 0 Å². The minimum atomic E-state index is -3.93. The van der Waals surface area contributed by atoms with Crippen LogP contribution in [0.25, 0.3) is 0 Å². The van der Waals surface area contributed by atoms with E-state index in [0.717, 1.165) is 11.1 Å². The number of carbonyl (C=O) groups is 1. The fourth-order valence-corrected chi connectivity index (χ4v) is 6.25. The van der Waals surface area contributed by atoms with E-state index in [9.17, 15) is 13.2 Å². The number of anilines is 1. The highest BCUT2D eigenvalue weighted by Gasteiger charge is 2.30. The molecule has 0 N–H and O–H groups in total. The molecule has 202 valence electrons. The van der Waals surface area contributed by atoms with Crippen LogP contribution in [-0.4, -0.2) is 62.9 Å². The summed E-state index contributed by atoms with van der Waals surface area (Å²) in [5, 5.41) is 0. The third-order valence-electron chi connectivity index (χ3n) is 7.15. The number of rotatable bonds is 9. The van der Waals surface area contributed by atoms with Gasteiger partial charge in [0.25, 0.3) is 0 Å². The van der Waals surface area contributed by atoms with Crippen LogP contribution in [0.3, 0.4) is 0 Å². The summed E-state index contributed by atoms with van der Waals surface area (Å²) in [5.41, 5.74) is 5.24. The van der Waals surface area contributed by atoms with E-state index in [0.29, 0.717) is 38.5 Å². The summed E-state index contributed by atoms with van der Waals surface area (Å²) in [7, 11) is -3.93. The second-order valence-corrected chi connectivity index (χ2v) is 11.6. The molecule has 1 fully saturated rings. The molecule has 0 saturated carbocycles. The van der Waals surface area contributed by atoms with Crippen LogP contribution in [0.4, 0.5) is 5.69 Å². The van der Waals surface area contributed by atoms with Gasteiger partial charge in [-0.2, -0.15) is 4.31 Å². The van der Waals surface area contributed by atoms with Crippen molar-refractivity contribution >= 4 is 21.6 Å². The summed E-state index contributed by atoms with van der Waals surface area (Å²) in [5.74, 6) is 0.464. The molecule has 1 saturated heterocycles. The molecule has 0 unspecified atom stereocenters. The van der Waals surface area contributed by atoms with Crippen molar-refractivity contribution in [3.63, 3.8) is 0 Å². The first-order valence-electron chi connectivity index (χ1n) is 13.1. The minimum absolute atomic E-state index is 0.115. The molecule has 1 aliphatic heterocycles. The van der Waals surface area contributed by atoms with Crippen molar-refractivity contribution in [1.29, 1.82) is 0 Å². The Labute approximate surface area is 226 Å². The predicted molar refractivity (Wildman–Crippen MR) is 151 cm³/mol. The van der Waals surface area contributed by atoms with Crippen molar-refractivity contribution in [3.8, 4) is 5.75 Å². The summed E-state index contributed by atoms with van der Waals surface area (Å²) < 4.78 is 34.5. The molecule has 0 spiro atoms. The minimum Gasteiger partial charge on any atom is -0.494 e. The van der Waals surface area contributed by atoms with Gasteiger partial charge >= 0.3 is 0 Å². The van der Waals surface area contributed by atoms with Crippen LogP contribution in [0.15, 0.2) is 71.6 Å². The molecule has 1 amide bonds. The first-order chi connectivity index (χ1) is 18.2. The van der Waals surface area contributed by atoms with Crippen LogP contribution in [0.2, 0.25) is 0 Å². The standard InChI is InChI=1S/C30H37N3O4S/c1-5-37-29-15-14-27(20-24(29)3)38(35,36)33(21-26-11-7-6-8-12-26)22-30(34)32-18-16-31(17-19-32)28-13-9-10-23(2)25(28)4/h6-15,20H,5,16-19,21-22H2,1-4H3. The van der Waals surface area contributed by atoms with Gasteiger partial charge in [0, 0.05) is 38.4 Å². The largest absolute Gasteiger partial charge is 0.494 e. The van der Waals surface area contributed by atoms with Gasteiger partial charge in [-0.15, -0.1) is 0 Å². The van der Waals surface area contributed by atoms with Crippen LogP contribution in [-0.2, 0) is 21.4 Å². The molecule has 0 radical (unpaired) electrons. The number of amides is 1. The van der Waals surface area contributed by atoms with E-state index in [2.05, 4.69) is 36.9 Å². The highest BCUT2D eigenvalue weighted by molar-refractivity contribution is 7.89. The predicted octanol–water partition coefficient (Wildman–Crippen LogP) is 4.55. The van der Waals surface area contributed by atoms with Crippen molar-refractivity contribution < 1.29 is 17.9 Å². The lowest BCUT2D eigenvalue weighted by Crippen LogP contribution is -2.52. The molecule has 1 heterocycles. The normalized spacial score (nSPS) is 14.1. The van der Waals surface area contributed by atoms with E-state index in [1.54, 1.807) is 23.1 Å². The summed E-state index contributed by atoms with van der Waals surface area (Å²) in [6, 6.07) is 20.5. The van der Waals surface area contributed by atoms with Crippen LogP contribution in [0, 0.1) is 20.8 Å². The number of piperazine rings is 1. The van der Waals surface area contributed by atoms with Gasteiger partial charge in [-0.3, -0.25) is 4.79 Å². The first kappa shape index (κ1) is 27.7. The maximum atomic E-state index is 13.8. The van der Waals surface area contributed by atoms with Crippen LogP contribution >= 0.6 is 0 Å². The molecule has 4 rings (SSSR count). The van der Waals surface area contributed by atoms with Crippen molar-refractivity contribution in [3.05, 3.63) is 89.0 Å². The Morgan fingerprint density at radius 1 is 0.895 bits per heavy atom. The summed E-state index contributed by atoms with van der Waals surface area (Å²) in [6.07, 6.45) is 0. The van der Waals surface area contributed by atoms with Gasteiger partial charge in [-0.05, 0) is 74.2 Å². The van der Waals surface area contributed by atoms with E-state index in [1.165, 1.54) is 21.1 Å². The number of carbonyl (C=O) groups excluding carboxylic acids is 1. The van der Waals surface area contributed by atoms with E-state index in [4.69, 9.17) is 4.74 Å². The molecular formula is C30H37N3O4S. The smallest absolute Gasteiger partial charge is 0.243 e. The molecule has 1 aliphatic rings. The van der Waals surface area contributed by atoms with E-state index in [-0.39, 0.29) is 23.9 Å². The Kier molecular flexibility index (Phi) is 8.74. The molecule has 0 aromatic heterocycles. The molecule has 7 nitrogen and oxygen atoms in total. The summed E-state index contributed by atoms with van der Waals surface area (Å²) in [4.78, 5) is 17.7. The lowest BCUT2D eigenvalue weighted by atomic mass is 10.1. The number of nitrogens with zero attached hydrogens (tertiary/aromatic N) is 3. The molecule has 0 atom stereocenters. The molecule has 0 aliphatic carbocycles. The first-order valence-corrected chi connectivity index (χ1v) is 14.5. The molecule has 0 bridgehead atoms. The Balaban J connectivity index is 1.52. The topological polar surface area (TPSA) is 70.2 Å². The van der Waals surface area contributed by atoms with Gasteiger partial charge in [0.2, 0.25) is 15.9 Å². The lowest BCUT2D eigenvalue weighted by molar-refractivity contribution is -0.131. The maximum Gasteiger partial charge on any atom is 0.243 e. The zero-order valence-electron chi connectivity index (χ0n) is 22.7. The quantitative estimate of drug-likeness (QED) is 0.402. The van der Waals surface area contributed by atoms with E-state index in [1.807, 2.05) is 44.2 Å². The second-order valence-electron chi connectivity index (χ2n) is 9.71. The lowest BCUT2D eigenvalue weighted by Gasteiger charge is -2.37. The second kappa shape index (κ2) is 12.0. The third-order valence-corrected chi connectivity index (χ3v) is 8.93. The van der Waals surface area contributed by atoms with E-state index < -0.39 is 10.0 Å². The van der Waals surface area contributed by atoms with Gasteiger partial charge in [0.15, 0.2) is 0 Å². The Morgan fingerprint density at radius 3 is 2.26 bits per heavy atom. The average molecular weight is 536 g/mol. The monoisotopic (exact) mass is 535 g/mol. The molecule has 3 aromatic carbocycles. The average Bonchev–Trinajstić information content (AvgIpc) is 2.91. The van der Waals surface area contributed by atoms with Gasteiger partial charge in [-0.1, -0.05) is 42.5 Å². The molecule has 3 aromatic rings. The van der Waals surface area contributed by atoms with Gasteiger partial charge < -0.3 is 14.5 Å². The van der Waals surface area contributed by atoms with Crippen LogP contribution in [0.1, 0.15) is 29.2 Å². The maximum absolute atomic E-state index is 13.8. The van der Waals surface area contributed by atoms with Gasteiger partial charge in [0.1, 0.15) is 5.75 Å². The van der Waals surface area contributed by atoms with Crippen molar-refractivity contribution in [2.75, 3.05) is 44.2 Å². The van der Waals surface area contributed by atoms with Crippen molar-refractivity contribution in [2.45, 2.75) is 39.1 Å². The zero-order chi connectivity index (χ0) is 27.3. The molecular weight excluding hydrogens is 498 g/mol. The Hall–Kier alpha value is -3.36. The Morgan fingerprint density at radius 2 is 1.61 bits per heavy atom. The highest BCUT2D eigenvalue weighted by Crippen LogP contribution is 2.26. The fraction of sp³-hybridized carbons (Fsp3) is 0.367. The van der Waals surface area contributed by atoms with Gasteiger partial charge in [-0.25, -0.2) is 8.42 Å². The molecule has 8 heteroatoms. The van der Waals surface area contributed by atoms with Crippen LogP contribution in [0.5, 0.6) is 5.75 Å². The number of hydrogen-bond acceptors (Lipinski definition) is 5. The van der Waals surface area contributed by atoms with Crippen LogP contribution < -0.4 is 9.64 Å². The fourth-order valence-electron chi connectivity index (χ4n) is 4.79. The highest BCUT2D eigenvalue weighted by atomic mass is 32.2. The number of aryl methyl sites for hydroxylation is 2. The number of ether oxygens (including phenoxy) is 1.